The minimum absolute atomic E-state index is 0.546. The van der Waals surface area contributed by atoms with Gasteiger partial charge in [0.2, 0.25) is 0 Å². The molecule has 0 amide bonds. The van der Waals surface area contributed by atoms with Crippen LogP contribution in [0, 0.1) is 18.3 Å². The summed E-state index contributed by atoms with van der Waals surface area (Å²) in [5.74, 6) is 0.546. The maximum Gasteiger partial charge on any atom is 0.145 e. The van der Waals surface area contributed by atoms with Gasteiger partial charge >= 0.3 is 0 Å². The lowest BCUT2D eigenvalue weighted by Crippen LogP contribution is -2.02. The van der Waals surface area contributed by atoms with Crippen molar-refractivity contribution in [3.05, 3.63) is 11.8 Å². The Kier molecular flexibility index (Phi) is 2.70. The fourth-order valence-electron chi connectivity index (χ4n) is 1.07. The molecule has 1 heterocycles. The average Bonchev–Trinajstić information content (AvgIpc) is 2.31. The molecule has 0 unspecified atom stereocenters. The van der Waals surface area contributed by atoms with Crippen molar-refractivity contribution in [2.75, 3.05) is 5.73 Å². The van der Waals surface area contributed by atoms with Crippen LogP contribution in [0.1, 0.15) is 18.5 Å². The van der Waals surface area contributed by atoms with Crippen molar-refractivity contribution >= 4 is 5.82 Å². The normalized spacial score (nSPS) is 9.67. The van der Waals surface area contributed by atoms with E-state index in [-0.39, 0.29) is 0 Å². The van der Waals surface area contributed by atoms with Crippen molar-refractivity contribution in [3.8, 4) is 6.07 Å². The molecule has 0 aromatic carbocycles. The van der Waals surface area contributed by atoms with Gasteiger partial charge in [-0.05, 0) is 13.3 Å². The van der Waals surface area contributed by atoms with Crippen LogP contribution in [0.3, 0.4) is 0 Å². The molecular weight excluding hydrogens is 152 g/mol. The van der Waals surface area contributed by atoms with Gasteiger partial charge < -0.3 is 5.73 Å². The molecule has 0 bridgehead atoms. The molecule has 1 aromatic heterocycles. The number of anilines is 1. The summed E-state index contributed by atoms with van der Waals surface area (Å²) in [5, 5.41) is 12.4. The molecule has 0 saturated heterocycles. The summed E-state index contributed by atoms with van der Waals surface area (Å²) in [7, 11) is 0. The lowest BCUT2D eigenvalue weighted by molar-refractivity contribution is 0.574. The Morgan fingerprint density at radius 1 is 1.75 bits per heavy atom. The molecule has 0 saturated carbocycles. The zero-order valence-electron chi connectivity index (χ0n) is 7.12. The first kappa shape index (κ1) is 8.60. The predicted molar refractivity (Wildman–Crippen MR) is 46.2 cm³/mol. The standard InChI is InChI=1S/C8H12N4/c1-7-6-8(10)11-12(7)5-3-2-4-9/h6H,2-3,5H2,1H3,(H2,10,11). The Balaban J connectivity index is 2.52. The summed E-state index contributed by atoms with van der Waals surface area (Å²) in [4.78, 5) is 0. The fourth-order valence-corrected chi connectivity index (χ4v) is 1.07. The maximum atomic E-state index is 8.31. The van der Waals surface area contributed by atoms with Gasteiger partial charge in [0.05, 0.1) is 6.07 Å². The molecule has 0 atom stereocenters. The van der Waals surface area contributed by atoms with Gasteiger partial charge in [-0.15, -0.1) is 0 Å². The van der Waals surface area contributed by atoms with Gasteiger partial charge in [0.1, 0.15) is 5.82 Å². The first-order chi connectivity index (χ1) is 5.74. The van der Waals surface area contributed by atoms with E-state index in [1.807, 2.05) is 17.7 Å². The summed E-state index contributed by atoms with van der Waals surface area (Å²) in [6.45, 7) is 2.73. The fraction of sp³-hybridized carbons (Fsp3) is 0.500. The molecule has 0 radical (unpaired) electrons. The second-order valence-corrected chi connectivity index (χ2v) is 2.70. The Bertz CT molecular complexity index is 294. The highest BCUT2D eigenvalue weighted by molar-refractivity contribution is 5.28. The first-order valence-corrected chi connectivity index (χ1v) is 3.91. The van der Waals surface area contributed by atoms with E-state index in [0.29, 0.717) is 12.2 Å². The van der Waals surface area contributed by atoms with E-state index in [9.17, 15) is 0 Å². The number of nitrogen functional groups attached to an aromatic ring is 1. The summed E-state index contributed by atoms with van der Waals surface area (Å²) in [6, 6.07) is 3.92. The Morgan fingerprint density at radius 2 is 2.50 bits per heavy atom. The molecule has 1 rings (SSSR count). The number of hydrogen-bond donors (Lipinski definition) is 1. The van der Waals surface area contributed by atoms with Crippen LogP contribution in [0.2, 0.25) is 0 Å². The van der Waals surface area contributed by atoms with Gasteiger partial charge in [0, 0.05) is 24.7 Å². The molecule has 0 aliphatic rings. The SMILES string of the molecule is Cc1cc(N)nn1CCCC#N. The number of rotatable bonds is 3. The van der Waals surface area contributed by atoms with Crippen molar-refractivity contribution in [2.24, 2.45) is 0 Å². The van der Waals surface area contributed by atoms with Gasteiger partial charge in [0.15, 0.2) is 0 Å². The third kappa shape index (κ3) is 1.99. The van der Waals surface area contributed by atoms with Crippen molar-refractivity contribution in [2.45, 2.75) is 26.3 Å². The minimum atomic E-state index is 0.546. The van der Waals surface area contributed by atoms with Crippen LogP contribution >= 0.6 is 0 Å². The van der Waals surface area contributed by atoms with Crippen LogP contribution in [-0.4, -0.2) is 9.78 Å². The van der Waals surface area contributed by atoms with Crippen molar-refractivity contribution < 1.29 is 0 Å². The second-order valence-electron chi connectivity index (χ2n) is 2.70. The molecule has 4 heteroatoms. The number of nitrogens with zero attached hydrogens (tertiary/aromatic N) is 3. The highest BCUT2D eigenvalue weighted by Gasteiger charge is 1.99. The molecule has 12 heavy (non-hydrogen) atoms. The van der Waals surface area contributed by atoms with Crippen LogP contribution in [0.4, 0.5) is 5.82 Å². The van der Waals surface area contributed by atoms with Gasteiger partial charge in [0.25, 0.3) is 0 Å². The first-order valence-electron chi connectivity index (χ1n) is 3.91. The zero-order chi connectivity index (χ0) is 8.97. The maximum absolute atomic E-state index is 8.31. The molecule has 0 spiro atoms. The Morgan fingerprint density at radius 3 is 3.00 bits per heavy atom. The van der Waals surface area contributed by atoms with E-state index < -0.39 is 0 Å². The molecular formula is C8H12N4. The smallest absolute Gasteiger partial charge is 0.145 e. The Labute approximate surface area is 71.6 Å². The van der Waals surface area contributed by atoms with Gasteiger partial charge in [-0.25, -0.2) is 0 Å². The van der Waals surface area contributed by atoms with Crippen LogP contribution in [0.25, 0.3) is 0 Å². The molecule has 0 aliphatic carbocycles. The van der Waals surface area contributed by atoms with Gasteiger partial charge in [-0.1, -0.05) is 0 Å². The number of nitrogens with two attached hydrogens (primary N) is 1. The van der Waals surface area contributed by atoms with Crippen molar-refractivity contribution in [1.29, 1.82) is 5.26 Å². The number of hydrogen-bond acceptors (Lipinski definition) is 3. The third-order valence-corrected chi connectivity index (χ3v) is 1.66. The zero-order valence-corrected chi connectivity index (χ0v) is 7.12. The quantitative estimate of drug-likeness (QED) is 0.679. The largest absolute Gasteiger partial charge is 0.382 e. The van der Waals surface area contributed by atoms with Gasteiger partial charge in [-0.2, -0.15) is 10.4 Å². The van der Waals surface area contributed by atoms with E-state index in [1.165, 1.54) is 0 Å². The van der Waals surface area contributed by atoms with Crippen LogP contribution in [-0.2, 0) is 6.54 Å². The lowest BCUT2D eigenvalue weighted by Gasteiger charge is -2.00. The summed E-state index contributed by atoms with van der Waals surface area (Å²) in [5.41, 5.74) is 6.53. The lowest BCUT2D eigenvalue weighted by atomic mass is 10.3. The highest BCUT2D eigenvalue weighted by atomic mass is 15.3. The number of unbranched alkanes of at least 4 members (excludes halogenated alkanes) is 1. The second kappa shape index (κ2) is 3.77. The van der Waals surface area contributed by atoms with E-state index in [4.69, 9.17) is 11.0 Å². The number of aromatic nitrogens is 2. The third-order valence-electron chi connectivity index (χ3n) is 1.66. The molecule has 0 fully saturated rings. The summed E-state index contributed by atoms with van der Waals surface area (Å²) >= 11 is 0. The molecule has 0 aliphatic heterocycles. The van der Waals surface area contributed by atoms with Crippen molar-refractivity contribution in [1.82, 2.24) is 9.78 Å². The molecule has 4 nitrogen and oxygen atoms in total. The van der Waals surface area contributed by atoms with E-state index in [2.05, 4.69) is 11.2 Å². The molecule has 64 valence electrons. The van der Waals surface area contributed by atoms with E-state index in [1.54, 1.807) is 0 Å². The van der Waals surface area contributed by atoms with E-state index in [0.717, 1.165) is 18.7 Å². The van der Waals surface area contributed by atoms with Crippen molar-refractivity contribution in [3.63, 3.8) is 0 Å². The summed E-state index contributed by atoms with van der Waals surface area (Å²) in [6.07, 6.45) is 1.40. The van der Waals surface area contributed by atoms with Crippen LogP contribution in [0.15, 0.2) is 6.07 Å². The Hall–Kier alpha value is -1.50. The summed E-state index contributed by atoms with van der Waals surface area (Å²) < 4.78 is 1.83. The van der Waals surface area contributed by atoms with Crippen LogP contribution < -0.4 is 5.73 Å². The van der Waals surface area contributed by atoms with Crippen LogP contribution in [0.5, 0.6) is 0 Å². The van der Waals surface area contributed by atoms with Gasteiger partial charge in [-0.3, -0.25) is 4.68 Å². The predicted octanol–water partition coefficient (Wildman–Crippen LogP) is 1.08. The van der Waals surface area contributed by atoms with E-state index >= 15 is 0 Å². The highest BCUT2D eigenvalue weighted by Crippen LogP contribution is 2.05. The average molecular weight is 164 g/mol. The topological polar surface area (TPSA) is 67.6 Å². The monoisotopic (exact) mass is 164 g/mol. The molecule has 1 aromatic rings. The number of aryl methyl sites for hydroxylation is 2. The molecule has 2 N–H and O–H groups in total. The minimum Gasteiger partial charge on any atom is -0.382 e. The number of nitriles is 1.